The first-order valence-electron chi connectivity index (χ1n) is 3.45. The highest BCUT2D eigenvalue weighted by Crippen LogP contribution is 1.93. The minimum Gasteiger partial charge on any atom is -0.392 e. The molecule has 1 atom stereocenters. The van der Waals surface area contributed by atoms with Crippen LogP contribution in [-0.2, 0) is 0 Å². The summed E-state index contributed by atoms with van der Waals surface area (Å²) >= 11 is 0. The van der Waals surface area contributed by atoms with Crippen LogP contribution in [0.15, 0.2) is 0 Å². The van der Waals surface area contributed by atoms with Crippen molar-refractivity contribution in [3.05, 3.63) is 0 Å². The van der Waals surface area contributed by atoms with Gasteiger partial charge >= 0.3 is 0 Å². The van der Waals surface area contributed by atoms with Gasteiger partial charge in [0.2, 0.25) is 0 Å². The van der Waals surface area contributed by atoms with E-state index in [1.54, 1.807) is 0 Å². The molecule has 1 N–H and O–H groups in total. The Balaban J connectivity index is 3.25. The molecule has 9 heavy (non-hydrogen) atoms. The summed E-state index contributed by atoms with van der Waals surface area (Å²) in [5, 5.41) is 8.98. The third-order valence-electron chi connectivity index (χ3n) is 1.11. The summed E-state index contributed by atoms with van der Waals surface area (Å²) in [7, 11) is 0. The number of aliphatic hydroxyl groups excluding tert-OH is 1. The van der Waals surface area contributed by atoms with E-state index in [0.717, 1.165) is 12.8 Å². The molecule has 0 bridgehead atoms. The maximum Gasteiger partial charge on any atom is 0.0646 e. The zero-order chi connectivity index (χ0) is 7.11. The Labute approximate surface area is 57.1 Å². The fourth-order valence-corrected chi connectivity index (χ4v) is 0.459. The predicted molar refractivity (Wildman–Crippen MR) is 39.0 cm³/mol. The number of rotatable bonds is 2. The van der Waals surface area contributed by atoms with Gasteiger partial charge in [-0.2, -0.15) is 0 Å². The molecule has 0 heterocycles. The van der Waals surface area contributed by atoms with E-state index in [2.05, 4.69) is 11.8 Å². The topological polar surface area (TPSA) is 20.2 Å². The van der Waals surface area contributed by atoms with Crippen LogP contribution < -0.4 is 0 Å². The molecule has 0 rings (SSSR count). The van der Waals surface area contributed by atoms with Crippen LogP contribution in [0.3, 0.4) is 0 Å². The molecule has 1 heteroatoms. The molecular weight excluding hydrogens is 112 g/mol. The maximum absolute atomic E-state index is 8.98. The normalized spacial score (nSPS) is 11.9. The minimum atomic E-state index is -0.218. The lowest BCUT2D eigenvalue weighted by Gasteiger charge is -1.98. The average Bonchev–Trinajstić information content (AvgIpc) is 1.89. The van der Waals surface area contributed by atoms with Crippen molar-refractivity contribution >= 4 is 0 Å². The summed E-state index contributed by atoms with van der Waals surface area (Å²) in [4.78, 5) is 0. The van der Waals surface area contributed by atoms with Gasteiger partial charge in [-0.25, -0.2) is 0 Å². The van der Waals surface area contributed by atoms with Crippen LogP contribution in [0.4, 0.5) is 0 Å². The highest BCUT2D eigenvalue weighted by atomic mass is 16.3. The molecule has 0 aromatic rings. The highest BCUT2D eigenvalue weighted by molar-refractivity contribution is 4.98. The first-order valence-corrected chi connectivity index (χ1v) is 3.45. The molecule has 0 spiro atoms. The molecule has 0 aliphatic carbocycles. The summed E-state index contributed by atoms with van der Waals surface area (Å²) < 4.78 is 0. The van der Waals surface area contributed by atoms with Crippen molar-refractivity contribution < 1.29 is 5.11 Å². The van der Waals surface area contributed by atoms with E-state index in [0.29, 0.717) is 6.42 Å². The Bertz CT molecular complexity index is 107. The van der Waals surface area contributed by atoms with E-state index in [-0.39, 0.29) is 6.10 Å². The Hall–Kier alpha value is -0.480. The van der Waals surface area contributed by atoms with E-state index < -0.39 is 0 Å². The summed E-state index contributed by atoms with van der Waals surface area (Å²) in [5.74, 6) is 5.79. The lowest BCUT2D eigenvalue weighted by molar-refractivity contribution is 0.176. The van der Waals surface area contributed by atoms with E-state index in [1.807, 2.05) is 13.8 Å². The largest absolute Gasteiger partial charge is 0.392 e. The number of hydrogen-bond acceptors (Lipinski definition) is 1. The van der Waals surface area contributed by atoms with Gasteiger partial charge in [-0.3, -0.25) is 0 Å². The molecule has 1 nitrogen and oxygen atoms in total. The van der Waals surface area contributed by atoms with Gasteiger partial charge in [-0.05, 0) is 6.42 Å². The van der Waals surface area contributed by atoms with Crippen LogP contribution in [0.2, 0.25) is 0 Å². The van der Waals surface area contributed by atoms with Crippen molar-refractivity contribution in [3.63, 3.8) is 0 Å². The quantitative estimate of drug-likeness (QED) is 0.557. The molecule has 1 unspecified atom stereocenters. The van der Waals surface area contributed by atoms with Crippen LogP contribution >= 0.6 is 0 Å². The fraction of sp³-hybridized carbons (Fsp3) is 0.750. The Morgan fingerprint density at radius 3 is 2.44 bits per heavy atom. The molecule has 0 fully saturated rings. The summed E-state index contributed by atoms with van der Waals surface area (Å²) in [6.45, 7) is 3.96. The second kappa shape index (κ2) is 5.65. The van der Waals surface area contributed by atoms with Gasteiger partial charge < -0.3 is 5.11 Å². The van der Waals surface area contributed by atoms with Crippen LogP contribution in [0, 0.1) is 11.8 Å². The van der Waals surface area contributed by atoms with Crippen molar-refractivity contribution in [2.45, 2.75) is 39.2 Å². The second-order valence-electron chi connectivity index (χ2n) is 1.97. The third kappa shape index (κ3) is 5.39. The molecule has 0 amide bonds. The first kappa shape index (κ1) is 8.52. The van der Waals surface area contributed by atoms with Crippen LogP contribution in [0.1, 0.15) is 33.1 Å². The Kier molecular flexibility index (Phi) is 5.35. The number of aliphatic hydroxyl groups is 1. The van der Waals surface area contributed by atoms with E-state index >= 15 is 0 Å². The van der Waals surface area contributed by atoms with Crippen LogP contribution in [-0.4, -0.2) is 11.2 Å². The monoisotopic (exact) mass is 126 g/mol. The number of hydrogen-bond donors (Lipinski definition) is 1. The van der Waals surface area contributed by atoms with Gasteiger partial charge in [-0.1, -0.05) is 13.8 Å². The highest BCUT2D eigenvalue weighted by Gasteiger charge is 1.93. The minimum absolute atomic E-state index is 0.218. The Morgan fingerprint density at radius 2 is 2.00 bits per heavy atom. The zero-order valence-electron chi connectivity index (χ0n) is 6.15. The predicted octanol–water partition coefficient (Wildman–Crippen LogP) is 1.56. The lowest BCUT2D eigenvalue weighted by Crippen LogP contribution is -2.01. The molecule has 0 aromatic carbocycles. The molecule has 0 aromatic heterocycles. The average molecular weight is 126 g/mol. The third-order valence-corrected chi connectivity index (χ3v) is 1.11. The van der Waals surface area contributed by atoms with Crippen molar-refractivity contribution in [3.8, 4) is 11.8 Å². The van der Waals surface area contributed by atoms with Gasteiger partial charge in [0.15, 0.2) is 0 Å². The molecule has 0 radical (unpaired) electrons. The zero-order valence-corrected chi connectivity index (χ0v) is 6.15. The van der Waals surface area contributed by atoms with Crippen molar-refractivity contribution in [1.29, 1.82) is 0 Å². The van der Waals surface area contributed by atoms with Crippen molar-refractivity contribution in [1.82, 2.24) is 0 Å². The summed E-state index contributed by atoms with van der Waals surface area (Å²) in [5.41, 5.74) is 0. The van der Waals surface area contributed by atoms with Gasteiger partial charge in [0.1, 0.15) is 0 Å². The summed E-state index contributed by atoms with van der Waals surface area (Å²) in [6, 6.07) is 0. The van der Waals surface area contributed by atoms with Gasteiger partial charge in [-0.15, -0.1) is 11.8 Å². The fourth-order valence-electron chi connectivity index (χ4n) is 0.459. The van der Waals surface area contributed by atoms with Gasteiger partial charge in [0.25, 0.3) is 0 Å². The van der Waals surface area contributed by atoms with E-state index in [4.69, 9.17) is 5.11 Å². The molecule has 0 saturated heterocycles. The first-order chi connectivity index (χ1) is 4.31. The summed E-state index contributed by atoms with van der Waals surface area (Å²) in [6.07, 6.45) is 2.10. The SMILES string of the molecule is CCC#CCC(O)CC. The van der Waals surface area contributed by atoms with Gasteiger partial charge in [0, 0.05) is 12.8 Å². The smallest absolute Gasteiger partial charge is 0.0646 e. The van der Waals surface area contributed by atoms with Gasteiger partial charge in [0.05, 0.1) is 6.10 Å². The van der Waals surface area contributed by atoms with Crippen molar-refractivity contribution in [2.24, 2.45) is 0 Å². The Morgan fingerprint density at radius 1 is 1.33 bits per heavy atom. The molecule has 0 aliphatic heterocycles. The van der Waals surface area contributed by atoms with E-state index in [1.165, 1.54) is 0 Å². The molecule has 52 valence electrons. The van der Waals surface area contributed by atoms with Crippen molar-refractivity contribution in [2.75, 3.05) is 0 Å². The van der Waals surface area contributed by atoms with Crippen LogP contribution in [0.5, 0.6) is 0 Å². The molecule has 0 aliphatic rings. The van der Waals surface area contributed by atoms with E-state index in [9.17, 15) is 0 Å². The second-order valence-corrected chi connectivity index (χ2v) is 1.97. The standard InChI is InChI=1S/C8H14O/c1-3-5-6-7-8(9)4-2/h8-9H,3-4,7H2,1-2H3. The molecular formula is C8H14O. The maximum atomic E-state index is 8.98. The van der Waals surface area contributed by atoms with Crippen LogP contribution in [0.25, 0.3) is 0 Å². The molecule has 0 saturated carbocycles. The lowest BCUT2D eigenvalue weighted by atomic mass is 10.2.